The van der Waals surface area contributed by atoms with Gasteiger partial charge in [-0.2, -0.15) is 0 Å². The van der Waals surface area contributed by atoms with Gasteiger partial charge in [0.05, 0.1) is 25.2 Å². The molecule has 1 amide bonds. The summed E-state index contributed by atoms with van der Waals surface area (Å²) in [6, 6.07) is 13.5. The minimum absolute atomic E-state index is 0.319. The van der Waals surface area contributed by atoms with Crippen LogP contribution in [0.4, 0.5) is 5.69 Å². The van der Waals surface area contributed by atoms with E-state index in [4.69, 9.17) is 16.3 Å². The molecule has 0 bridgehead atoms. The molecule has 31 heavy (non-hydrogen) atoms. The molecular weight excluding hydrogens is 438 g/mol. The van der Waals surface area contributed by atoms with Gasteiger partial charge in [0.25, 0.3) is 0 Å². The predicted octanol–water partition coefficient (Wildman–Crippen LogP) is 2.64. The molecule has 3 rings (SSSR count). The smallest absolute Gasteiger partial charge is 0.243 e. The molecule has 9 heteroatoms. The third-order valence-electron chi connectivity index (χ3n) is 5.17. The highest BCUT2D eigenvalue weighted by Crippen LogP contribution is 2.23. The van der Waals surface area contributed by atoms with E-state index in [9.17, 15) is 13.2 Å². The minimum Gasteiger partial charge on any atom is -0.379 e. The monoisotopic (exact) mass is 465 g/mol. The Bertz CT molecular complexity index is 975. The number of rotatable bonds is 8. The first kappa shape index (κ1) is 23.5. The first-order chi connectivity index (χ1) is 14.7. The molecule has 2 aromatic rings. The van der Waals surface area contributed by atoms with Crippen molar-refractivity contribution in [1.82, 2.24) is 10.2 Å². The molecular formula is C22H28ClN3O4S. The van der Waals surface area contributed by atoms with Crippen molar-refractivity contribution in [3.8, 4) is 0 Å². The second-order valence-corrected chi connectivity index (χ2v) is 9.93. The topological polar surface area (TPSA) is 79.0 Å². The lowest BCUT2D eigenvalue weighted by Crippen LogP contribution is -2.47. The Kier molecular flexibility index (Phi) is 7.94. The van der Waals surface area contributed by atoms with Gasteiger partial charge in [0, 0.05) is 31.2 Å². The Hall–Kier alpha value is -2.13. The van der Waals surface area contributed by atoms with Crippen molar-refractivity contribution >= 4 is 33.2 Å². The van der Waals surface area contributed by atoms with Crippen LogP contribution in [-0.4, -0.2) is 57.8 Å². The van der Waals surface area contributed by atoms with Crippen LogP contribution in [0.15, 0.2) is 48.5 Å². The fourth-order valence-corrected chi connectivity index (χ4v) is 4.81. The molecule has 168 valence electrons. The van der Waals surface area contributed by atoms with Crippen LogP contribution < -0.4 is 9.62 Å². The van der Waals surface area contributed by atoms with Crippen LogP contribution in [0.2, 0.25) is 5.02 Å². The minimum atomic E-state index is -3.66. The number of ether oxygens (including phenoxy) is 1. The second-order valence-electron chi connectivity index (χ2n) is 7.63. The van der Waals surface area contributed by atoms with Gasteiger partial charge in [-0.3, -0.25) is 14.0 Å². The molecule has 0 spiro atoms. The Labute approximate surface area is 189 Å². The molecule has 1 aliphatic rings. The first-order valence-corrected chi connectivity index (χ1v) is 12.4. The molecule has 0 radical (unpaired) electrons. The number of halogens is 1. The third-order valence-corrected chi connectivity index (χ3v) is 6.66. The van der Waals surface area contributed by atoms with E-state index < -0.39 is 16.1 Å². The van der Waals surface area contributed by atoms with Crippen LogP contribution in [-0.2, 0) is 32.6 Å². The van der Waals surface area contributed by atoms with E-state index in [-0.39, 0.29) is 5.91 Å². The zero-order chi connectivity index (χ0) is 22.4. The van der Waals surface area contributed by atoms with Crippen molar-refractivity contribution in [3.05, 3.63) is 64.7 Å². The van der Waals surface area contributed by atoms with Crippen molar-refractivity contribution in [2.24, 2.45) is 0 Å². The average molecular weight is 466 g/mol. The van der Waals surface area contributed by atoms with Crippen molar-refractivity contribution in [2.75, 3.05) is 36.9 Å². The zero-order valence-electron chi connectivity index (χ0n) is 17.8. The van der Waals surface area contributed by atoms with Crippen LogP contribution in [0.1, 0.15) is 18.1 Å². The zero-order valence-corrected chi connectivity index (χ0v) is 19.3. The van der Waals surface area contributed by atoms with E-state index in [0.29, 0.717) is 17.3 Å². The van der Waals surface area contributed by atoms with Crippen molar-refractivity contribution in [3.63, 3.8) is 0 Å². The van der Waals surface area contributed by atoms with Crippen molar-refractivity contribution < 1.29 is 17.9 Å². The number of nitrogens with zero attached hydrogens (tertiary/aromatic N) is 2. The molecule has 1 saturated heterocycles. The highest BCUT2D eigenvalue weighted by Gasteiger charge is 2.28. The number of nitrogens with one attached hydrogen (secondary N) is 1. The number of morpholine rings is 1. The van der Waals surface area contributed by atoms with Gasteiger partial charge >= 0.3 is 0 Å². The summed E-state index contributed by atoms with van der Waals surface area (Å²) in [6.45, 7) is 6.15. The maximum absolute atomic E-state index is 12.7. The normalized spacial score (nSPS) is 16.0. The van der Waals surface area contributed by atoms with Gasteiger partial charge in [-0.05, 0) is 42.3 Å². The largest absolute Gasteiger partial charge is 0.379 e. The maximum Gasteiger partial charge on any atom is 0.243 e. The molecule has 1 atom stereocenters. The van der Waals surface area contributed by atoms with Gasteiger partial charge in [0.15, 0.2) is 0 Å². The van der Waals surface area contributed by atoms with Crippen molar-refractivity contribution in [2.45, 2.75) is 26.1 Å². The van der Waals surface area contributed by atoms with Crippen LogP contribution in [0.3, 0.4) is 0 Å². The summed E-state index contributed by atoms with van der Waals surface area (Å²) in [4.78, 5) is 15.1. The molecule has 1 heterocycles. The Morgan fingerprint density at radius 2 is 1.68 bits per heavy atom. The highest BCUT2D eigenvalue weighted by molar-refractivity contribution is 7.92. The number of hydrogen-bond donors (Lipinski definition) is 1. The van der Waals surface area contributed by atoms with E-state index >= 15 is 0 Å². The summed E-state index contributed by atoms with van der Waals surface area (Å²) < 4.78 is 31.2. The number of benzene rings is 2. The van der Waals surface area contributed by atoms with Crippen LogP contribution in [0, 0.1) is 0 Å². The van der Waals surface area contributed by atoms with E-state index in [1.54, 1.807) is 31.2 Å². The van der Waals surface area contributed by atoms with E-state index in [2.05, 4.69) is 22.3 Å². The van der Waals surface area contributed by atoms with Crippen LogP contribution >= 0.6 is 11.6 Å². The molecule has 7 nitrogen and oxygen atoms in total. The summed E-state index contributed by atoms with van der Waals surface area (Å²) in [5, 5.41) is 3.33. The molecule has 2 aromatic carbocycles. The lowest BCUT2D eigenvalue weighted by atomic mass is 10.1. The maximum atomic E-state index is 12.7. The highest BCUT2D eigenvalue weighted by atomic mass is 35.5. The van der Waals surface area contributed by atoms with Gasteiger partial charge in [-0.15, -0.1) is 0 Å². The fraction of sp³-hybridized carbons (Fsp3) is 0.409. The van der Waals surface area contributed by atoms with E-state index in [1.165, 1.54) is 5.56 Å². The summed E-state index contributed by atoms with van der Waals surface area (Å²) >= 11 is 5.90. The van der Waals surface area contributed by atoms with Gasteiger partial charge in [-0.1, -0.05) is 35.9 Å². The number of hydrogen-bond acceptors (Lipinski definition) is 5. The number of carbonyl (C=O) groups excluding carboxylic acids is 1. The van der Waals surface area contributed by atoms with Gasteiger partial charge in [-0.25, -0.2) is 8.42 Å². The molecule has 1 fully saturated rings. The Morgan fingerprint density at radius 1 is 1.10 bits per heavy atom. The lowest BCUT2D eigenvalue weighted by Gasteiger charge is -2.28. The third kappa shape index (κ3) is 6.67. The predicted molar refractivity (Wildman–Crippen MR) is 123 cm³/mol. The number of carbonyl (C=O) groups is 1. The average Bonchev–Trinajstić information content (AvgIpc) is 2.74. The van der Waals surface area contributed by atoms with Gasteiger partial charge < -0.3 is 10.1 Å². The Morgan fingerprint density at radius 3 is 2.26 bits per heavy atom. The van der Waals surface area contributed by atoms with Crippen molar-refractivity contribution in [1.29, 1.82) is 0 Å². The Balaban J connectivity index is 1.60. The molecule has 1 aliphatic heterocycles. The summed E-state index contributed by atoms with van der Waals surface area (Å²) in [5.74, 6) is -0.377. The molecule has 0 aromatic heterocycles. The number of amides is 1. The molecule has 0 aliphatic carbocycles. The van der Waals surface area contributed by atoms with Gasteiger partial charge in [0.1, 0.15) is 6.04 Å². The summed E-state index contributed by atoms with van der Waals surface area (Å²) in [5.41, 5.74) is 2.54. The van der Waals surface area contributed by atoms with E-state index in [0.717, 1.165) is 49.0 Å². The first-order valence-electron chi connectivity index (χ1n) is 10.1. The SMILES string of the molecule is CC(C(=O)NCc1ccc(CN2CCOCC2)cc1)N(c1ccc(Cl)cc1)S(C)(=O)=O. The van der Waals surface area contributed by atoms with E-state index in [1.807, 2.05) is 12.1 Å². The number of sulfonamides is 1. The number of anilines is 1. The standard InChI is InChI=1S/C22H28ClN3O4S/c1-17(26(31(2,28)29)21-9-7-20(23)8-10-21)22(27)24-15-18-3-5-19(6-4-18)16-25-11-13-30-14-12-25/h3-10,17H,11-16H2,1-2H3,(H,24,27). The quantitative estimate of drug-likeness (QED) is 0.648. The lowest BCUT2D eigenvalue weighted by molar-refractivity contribution is -0.122. The molecule has 1 N–H and O–H groups in total. The summed E-state index contributed by atoms with van der Waals surface area (Å²) in [7, 11) is -3.66. The van der Waals surface area contributed by atoms with Crippen LogP contribution in [0.5, 0.6) is 0 Å². The van der Waals surface area contributed by atoms with Gasteiger partial charge in [0.2, 0.25) is 15.9 Å². The van der Waals surface area contributed by atoms with Crippen LogP contribution in [0.25, 0.3) is 0 Å². The molecule has 0 saturated carbocycles. The summed E-state index contributed by atoms with van der Waals surface area (Å²) in [6.07, 6.45) is 1.08. The second kappa shape index (κ2) is 10.5. The fourth-order valence-electron chi connectivity index (χ4n) is 3.51. The molecule has 1 unspecified atom stereocenters.